The van der Waals surface area contributed by atoms with E-state index in [9.17, 15) is 23.1 Å². The van der Waals surface area contributed by atoms with Crippen LogP contribution < -0.4 is 4.90 Å². The van der Waals surface area contributed by atoms with Gasteiger partial charge in [-0.1, -0.05) is 42.5 Å². The molecule has 0 saturated carbocycles. The van der Waals surface area contributed by atoms with Gasteiger partial charge in [0.15, 0.2) is 0 Å². The summed E-state index contributed by atoms with van der Waals surface area (Å²) >= 11 is 0. The summed E-state index contributed by atoms with van der Waals surface area (Å²) in [4.78, 5) is 13.4. The molecule has 1 aliphatic heterocycles. The number of hydrogen-bond donors (Lipinski definition) is 1. The number of alkyl halides is 3. The van der Waals surface area contributed by atoms with Crippen molar-refractivity contribution in [2.24, 2.45) is 0 Å². The molecule has 0 unspecified atom stereocenters. The van der Waals surface area contributed by atoms with Gasteiger partial charge in [0.05, 0.1) is 11.1 Å². The zero-order valence-electron chi connectivity index (χ0n) is 16.1. The van der Waals surface area contributed by atoms with Crippen molar-refractivity contribution in [2.75, 3.05) is 18.0 Å². The summed E-state index contributed by atoms with van der Waals surface area (Å²) in [6.45, 7) is 1.43. The highest BCUT2D eigenvalue weighted by Crippen LogP contribution is 2.34. The molecule has 6 heteroatoms. The third kappa shape index (κ3) is 4.17. The van der Waals surface area contributed by atoms with Crippen LogP contribution in [0.15, 0.2) is 66.7 Å². The van der Waals surface area contributed by atoms with Gasteiger partial charge in [-0.25, -0.2) is 4.79 Å². The first-order valence-corrected chi connectivity index (χ1v) is 9.69. The van der Waals surface area contributed by atoms with Crippen molar-refractivity contribution in [3.63, 3.8) is 0 Å². The van der Waals surface area contributed by atoms with Crippen LogP contribution in [0.2, 0.25) is 0 Å². The van der Waals surface area contributed by atoms with Crippen molar-refractivity contribution in [1.29, 1.82) is 0 Å². The molecule has 3 aromatic rings. The van der Waals surface area contributed by atoms with E-state index in [1.807, 2.05) is 24.3 Å². The van der Waals surface area contributed by atoms with Crippen molar-refractivity contribution < 1.29 is 23.1 Å². The van der Waals surface area contributed by atoms with Gasteiger partial charge in [-0.15, -0.1) is 0 Å². The molecule has 0 amide bonds. The van der Waals surface area contributed by atoms with E-state index in [0.29, 0.717) is 18.5 Å². The largest absolute Gasteiger partial charge is 0.478 e. The maximum Gasteiger partial charge on any atom is 0.416 e. The Kier molecular flexibility index (Phi) is 5.24. The number of aromatic carboxylic acids is 1. The smallest absolute Gasteiger partial charge is 0.416 e. The van der Waals surface area contributed by atoms with Crippen LogP contribution in [-0.2, 0) is 19.0 Å². The molecule has 1 N–H and O–H groups in total. The fourth-order valence-electron chi connectivity index (χ4n) is 3.86. The van der Waals surface area contributed by atoms with Gasteiger partial charge < -0.3 is 10.0 Å². The summed E-state index contributed by atoms with van der Waals surface area (Å²) in [7, 11) is 0. The summed E-state index contributed by atoms with van der Waals surface area (Å²) in [6, 6.07) is 18.3. The number of rotatable bonds is 5. The lowest BCUT2D eigenvalue weighted by Crippen LogP contribution is -2.23. The van der Waals surface area contributed by atoms with Gasteiger partial charge in [-0.2, -0.15) is 13.2 Å². The third-order valence-electron chi connectivity index (χ3n) is 5.44. The normalized spacial score (nSPS) is 13.4. The predicted octanol–water partition coefficient (Wildman–Crippen LogP) is 5.68. The molecule has 1 heterocycles. The lowest BCUT2D eigenvalue weighted by Gasteiger charge is -2.20. The van der Waals surface area contributed by atoms with E-state index >= 15 is 0 Å². The Morgan fingerprint density at radius 2 is 1.73 bits per heavy atom. The molecule has 3 nitrogen and oxygen atoms in total. The van der Waals surface area contributed by atoms with Crippen LogP contribution in [0.25, 0.3) is 11.1 Å². The predicted molar refractivity (Wildman–Crippen MR) is 110 cm³/mol. The van der Waals surface area contributed by atoms with E-state index in [1.165, 1.54) is 17.7 Å². The monoisotopic (exact) mass is 411 g/mol. The number of benzene rings is 3. The Hall–Kier alpha value is -3.28. The number of halogens is 3. The minimum absolute atomic E-state index is 0.231. The van der Waals surface area contributed by atoms with E-state index < -0.39 is 17.7 Å². The SMILES string of the molecule is O=C(O)c1cccc(-c2ccc3c(c2)N(CCc2cccc(C(F)(F)F)c2)CC3)c1. The Morgan fingerprint density at radius 1 is 0.967 bits per heavy atom. The molecule has 0 bridgehead atoms. The molecule has 1 aliphatic rings. The van der Waals surface area contributed by atoms with Gasteiger partial charge in [0.2, 0.25) is 0 Å². The highest BCUT2D eigenvalue weighted by molar-refractivity contribution is 5.89. The number of carboxylic acid groups (broad SMARTS) is 1. The van der Waals surface area contributed by atoms with Crippen LogP contribution in [0.5, 0.6) is 0 Å². The number of fused-ring (bicyclic) bond motifs is 1. The lowest BCUT2D eigenvalue weighted by atomic mass is 10.0. The van der Waals surface area contributed by atoms with Crippen molar-refractivity contribution in [3.05, 3.63) is 89.0 Å². The Morgan fingerprint density at radius 3 is 2.50 bits per heavy atom. The average Bonchev–Trinajstić information content (AvgIpc) is 3.14. The summed E-state index contributed by atoms with van der Waals surface area (Å²) in [5.74, 6) is -0.972. The highest BCUT2D eigenvalue weighted by atomic mass is 19.4. The molecular weight excluding hydrogens is 391 g/mol. The Bertz CT molecular complexity index is 1090. The number of hydrogen-bond acceptors (Lipinski definition) is 2. The molecule has 0 aliphatic carbocycles. The highest BCUT2D eigenvalue weighted by Gasteiger charge is 2.30. The summed E-state index contributed by atoms with van der Waals surface area (Å²) in [5, 5.41) is 9.22. The third-order valence-corrected chi connectivity index (χ3v) is 5.44. The van der Waals surface area contributed by atoms with Crippen molar-refractivity contribution in [3.8, 4) is 11.1 Å². The molecule has 0 radical (unpaired) electrons. The fourth-order valence-corrected chi connectivity index (χ4v) is 3.86. The summed E-state index contributed by atoms with van der Waals surface area (Å²) < 4.78 is 38.8. The molecular formula is C24H20F3NO2. The second-order valence-corrected chi connectivity index (χ2v) is 7.41. The fraction of sp³-hybridized carbons (Fsp3) is 0.208. The number of anilines is 1. The first-order valence-electron chi connectivity index (χ1n) is 9.69. The van der Waals surface area contributed by atoms with E-state index in [1.54, 1.807) is 24.3 Å². The molecule has 154 valence electrons. The lowest BCUT2D eigenvalue weighted by molar-refractivity contribution is -0.137. The first-order chi connectivity index (χ1) is 14.3. The first kappa shape index (κ1) is 20.0. The van der Waals surface area contributed by atoms with Crippen molar-refractivity contribution in [1.82, 2.24) is 0 Å². The summed E-state index contributed by atoms with van der Waals surface area (Å²) in [6.07, 6.45) is -2.94. The molecule has 0 fully saturated rings. The minimum atomic E-state index is -4.34. The topological polar surface area (TPSA) is 40.5 Å². The molecule has 0 aromatic heterocycles. The Labute approximate surface area is 172 Å². The standard InChI is InChI=1S/C24H20F3NO2/c25-24(26,27)21-6-1-3-16(13-21)9-11-28-12-10-17-7-8-19(15-22(17)28)18-4-2-5-20(14-18)23(29)30/h1-8,13-15H,9-12H2,(H,29,30). The number of carbonyl (C=O) groups is 1. The molecule has 0 spiro atoms. The van der Waals surface area contributed by atoms with Crippen LogP contribution in [-0.4, -0.2) is 24.2 Å². The average molecular weight is 411 g/mol. The number of carboxylic acids is 1. The quantitative estimate of drug-likeness (QED) is 0.588. The number of nitrogens with zero attached hydrogens (tertiary/aromatic N) is 1. The van der Waals surface area contributed by atoms with Gasteiger partial charge in [0.25, 0.3) is 0 Å². The maximum absolute atomic E-state index is 12.9. The van der Waals surface area contributed by atoms with Gasteiger partial charge in [-0.05, 0) is 59.4 Å². The van der Waals surface area contributed by atoms with E-state index in [4.69, 9.17) is 0 Å². The zero-order valence-corrected chi connectivity index (χ0v) is 16.1. The van der Waals surface area contributed by atoms with Gasteiger partial charge >= 0.3 is 12.1 Å². The van der Waals surface area contributed by atoms with Gasteiger partial charge in [-0.3, -0.25) is 0 Å². The second kappa shape index (κ2) is 7.86. The van der Waals surface area contributed by atoms with E-state index in [0.717, 1.165) is 35.8 Å². The summed E-state index contributed by atoms with van der Waals surface area (Å²) in [5.41, 5.74) is 4.25. The maximum atomic E-state index is 12.9. The minimum Gasteiger partial charge on any atom is -0.478 e. The van der Waals surface area contributed by atoms with E-state index in [2.05, 4.69) is 4.90 Å². The molecule has 0 atom stereocenters. The van der Waals surface area contributed by atoms with Crippen LogP contribution in [0.4, 0.5) is 18.9 Å². The second-order valence-electron chi connectivity index (χ2n) is 7.41. The van der Waals surface area contributed by atoms with Crippen LogP contribution in [0.3, 0.4) is 0 Å². The van der Waals surface area contributed by atoms with Crippen LogP contribution in [0.1, 0.15) is 27.0 Å². The van der Waals surface area contributed by atoms with Gasteiger partial charge in [0.1, 0.15) is 0 Å². The van der Waals surface area contributed by atoms with Crippen LogP contribution >= 0.6 is 0 Å². The molecule has 0 saturated heterocycles. The van der Waals surface area contributed by atoms with Gasteiger partial charge in [0, 0.05) is 18.8 Å². The van der Waals surface area contributed by atoms with Crippen molar-refractivity contribution in [2.45, 2.75) is 19.0 Å². The molecule has 30 heavy (non-hydrogen) atoms. The molecule has 3 aromatic carbocycles. The van der Waals surface area contributed by atoms with Crippen LogP contribution in [0, 0.1) is 0 Å². The molecule has 4 rings (SSSR count). The van der Waals surface area contributed by atoms with E-state index in [-0.39, 0.29) is 5.56 Å². The zero-order chi connectivity index (χ0) is 21.3. The van der Waals surface area contributed by atoms with Crippen molar-refractivity contribution >= 4 is 11.7 Å². The Balaban J connectivity index is 1.54.